The fraction of sp³-hybridized carbons (Fsp3) is 0.533. The van der Waals surface area contributed by atoms with Crippen molar-refractivity contribution in [2.75, 3.05) is 46.9 Å². The van der Waals surface area contributed by atoms with Crippen LogP contribution in [-0.2, 0) is 4.74 Å². The number of nitrogens with zero attached hydrogens (tertiary/aromatic N) is 4. The fourth-order valence-electron chi connectivity index (χ4n) is 3.12. The van der Waals surface area contributed by atoms with Crippen LogP contribution in [0.5, 0.6) is 5.75 Å². The molecular weight excluding hydrogens is 332 g/mol. The summed E-state index contributed by atoms with van der Waals surface area (Å²) >= 11 is 0. The molecule has 2 N–H and O–H groups in total. The first-order valence-electron chi connectivity index (χ1n) is 7.85. The van der Waals surface area contributed by atoms with E-state index in [0.717, 1.165) is 6.20 Å². The zero-order chi connectivity index (χ0) is 18.3. The molecule has 0 spiro atoms. The quantitative estimate of drug-likeness (QED) is 0.713. The van der Waals surface area contributed by atoms with Crippen LogP contribution in [0.2, 0.25) is 0 Å². The van der Waals surface area contributed by atoms with Crippen LogP contribution in [-0.4, -0.2) is 88.5 Å². The summed E-state index contributed by atoms with van der Waals surface area (Å²) in [6.45, 7) is 3.07. The summed E-state index contributed by atoms with van der Waals surface area (Å²) in [6.07, 6.45) is 0.673. The molecule has 2 aliphatic rings. The Morgan fingerprint density at radius 3 is 2.52 bits per heavy atom. The van der Waals surface area contributed by atoms with Crippen molar-refractivity contribution in [3.05, 3.63) is 27.7 Å². The molecule has 0 bridgehead atoms. The molecule has 0 aromatic carbocycles. The van der Waals surface area contributed by atoms with Crippen LogP contribution >= 0.6 is 0 Å². The van der Waals surface area contributed by atoms with E-state index in [1.165, 1.54) is 16.6 Å². The van der Waals surface area contributed by atoms with Crippen molar-refractivity contribution in [1.82, 2.24) is 19.5 Å². The van der Waals surface area contributed by atoms with Crippen LogP contribution in [0.3, 0.4) is 0 Å². The van der Waals surface area contributed by atoms with Gasteiger partial charge in [-0.1, -0.05) is 0 Å². The van der Waals surface area contributed by atoms with Gasteiger partial charge in [0, 0.05) is 39.9 Å². The standard InChI is InChI=1S/C15H20N4O6/c1-16-10(8-18-3-5-25-6-4-18)19-7-9(15(23)24)12(20)13(21)11(19)14(22)17(16)2/h7,10,21H,3-6,8H2,1-2H3,(H,23,24). The molecule has 1 atom stereocenters. The van der Waals surface area contributed by atoms with Gasteiger partial charge in [0.15, 0.2) is 11.4 Å². The van der Waals surface area contributed by atoms with E-state index in [-0.39, 0.29) is 5.69 Å². The minimum absolute atomic E-state index is 0.200. The number of pyridine rings is 1. The zero-order valence-corrected chi connectivity index (χ0v) is 14.0. The van der Waals surface area contributed by atoms with Crippen LogP contribution in [0.25, 0.3) is 0 Å². The number of hydrogen-bond donors (Lipinski definition) is 2. The summed E-state index contributed by atoms with van der Waals surface area (Å²) in [7, 11) is 3.23. The van der Waals surface area contributed by atoms with Gasteiger partial charge in [0.25, 0.3) is 5.91 Å². The Morgan fingerprint density at radius 1 is 1.28 bits per heavy atom. The van der Waals surface area contributed by atoms with Gasteiger partial charge in [0.1, 0.15) is 11.7 Å². The Hall–Kier alpha value is -2.43. The predicted molar refractivity (Wildman–Crippen MR) is 85.5 cm³/mol. The summed E-state index contributed by atoms with van der Waals surface area (Å²) in [5.41, 5.74) is -1.83. The molecule has 1 saturated heterocycles. The van der Waals surface area contributed by atoms with E-state index in [4.69, 9.17) is 4.74 Å². The number of carbonyl (C=O) groups is 2. The van der Waals surface area contributed by atoms with Crippen LogP contribution in [0.4, 0.5) is 0 Å². The van der Waals surface area contributed by atoms with E-state index < -0.39 is 34.8 Å². The van der Waals surface area contributed by atoms with Gasteiger partial charge >= 0.3 is 5.97 Å². The second kappa shape index (κ2) is 6.47. The minimum atomic E-state index is -1.45. The SMILES string of the molecule is CN1C(=O)c2c(O)c(=O)c(C(=O)O)cn2C(CN2CCOCC2)N1C. The number of fused-ring (bicyclic) bond motifs is 1. The lowest BCUT2D eigenvalue weighted by molar-refractivity contribution is -0.0630. The molecule has 10 heteroatoms. The van der Waals surface area contributed by atoms with Crippen LogP contribution in [0, 0.1) is 0 Å². The number of carboxylic acids is 1. The maximum atomic E-state index is 12.5. The van der Waals surface area contributed by atoms with Gasteiger partial charge in [-0.25, -0.2) is 4.79 Å². The second-order valence-electron chi connectivity index (χ2n) is 6.08. The average molecular weight is 352 g/mol. The van der Waals surface area contributed by atoms with Crippen LogP contribution in [0.15, 0.2) is 11.0 Å². The third-order valence-corrected chi connectivity index (χ3v) is 4.69. The summed E-state index contributed by atoms with van der Waals surface area (Å²) in [4.78, 5) is 38.0. The Balaban J connectivity index is 2.11. The number of amides is 1. The fourth-order valence-corrected chi connectivity index (χ4v) is 3.12. The molecule has 1 aromatic heterocycles. The predicted octanol–water partition coefficient (Wildman–Crippen LogP) is -0.985. The van der Waals surface area contributed by atoms with Gasteiger partial charge in [0.2, 0.25) is 5.43 Å². The van der Waals surface area contributed by atoms with Crippen molar-refractivity contribution in [2.45, 2.75) is 6.17 Å². The van der Waals surface area contributed by atoms with Crippen molar-refractivity contribution in [3.8, 4) is 5.75 Å². The molecule has 0 aliphatic carbocycles. The van der Waals surface area contributed by atoms with Crippen molar-refractivity contribution in [3.63, 3.8) is 0 Å². The number of ether oxygens (including phenoxy) is 1. The third-order valence-electron chi connectivity index (χ3n) is 4.69. The first-order chi connectivity index (χ1) is 11.8. The first kappa shape index (κ1) is 17.4. The lowest BCUT2D eigenvalue weighted by Crippen LogP contribution is -2.55. The molecule has 0 saturated carbocycles. The first-order valence-corrected chi connectivity index (χ1v) is 7.85. The summed E-state index contributed by atoms with van der Waals surface area (Å²) in [6, 6.07) is 0. The Bertz CT molecular complexity index is 770. The van der Waals surface area contributed by atoms with Gasteiger partial charge in [0.05, 0.1) is 13.2 Å². The van der Waals surface area contributed by atoms with Crippen molar-refractivity contribution < 1.29 is 24.5 Å². The smallest absolute Gasteiger partial charge is 0.341 e. The monoisotopic (exact) mass is 352 g/mol. The van der Waals surface area contributed by atoms with E-state index in [1.807, 2.05) is 0 Å². The van der Waals surface area contributed by atoms with E-state index in [1.54, 1.807) is 12.1 Å². The number of hydrazine groups is 1. The lowest BCUT2D eigenvalue weighted by Gasteiger charge is -2.44. The van der Waals surface area contributed by atoms with Crippen molar-refractivity contribution in [2.24, 2.45) is 0 Å². The molecule has 10 nitrogen and oxygen atoms in total. The summed E-state index contributed by atoms with van der Waals surface area (Å²) < 4.78 is 6.70. The molecule has 3 rings (SSSR count). The highest BCUT2D eigenvalue weighted by Crippen LogP contribution is 2.28. The second-order valence-corrected chi connectivity index (χ2v) is 6.08. The third kappa shape index (κ3) is 2.88. The Kier molecular flexibility index (Phi) is 4.50. The molecule has 25 heavy (non-hydrogen) atoms. The topological polar surface area (TPSA) is 116 Å². The highest BCUT2D eigenvalue weighted by atomic mass is 16.5. The highest BCUT2D eigenvalue weighted by molar-refractivity contribution is 5.97. The van der Waals surface area contributed by atoms with Crippen molar-refractivity contribution >= 4 is 11.9 Å². The van der Waals surface area contributed by atoms with Crippen molar-refractivity contribution in [1.29, 1.82) is 0 Å². The average Bonchev–Trinajstić information content (AvgIpc) is 2.59. The number of aromatic carboxylic acids is 1. The van der Waals surface area contributed by atoms with Gasteiger partial charge in [-0.05, 0) is 0 Å². The van der Waals surface area contributed by atoms with Crippen LogP contribution in [0.1, 0.15) is 27.0 Å². The maximum Gasteiger partial charge on any atom is 0.341 e. The largest absolute Gasteiger partial charge is 0.503 e. The number of aromatic hydroxyl groups is 1. The molecule has 1 fully saturated rings. The maximum absolute atomic E-state index is 12.5. The van der Waals surface area contributed by atoms with Crippen LogP contribution < -0.4 is 5.43 Å². The van der Waals surface area contributed by atoms with Gasteiger partial charge in [-0.15, -0.1) is 0 Å². The number of carboxylic acid groups (broad SMARTS) is 1. The number of carbonyl (C=O) groups excluding carboxylic acids is 1. The number of hydrogen-bond acceptors (Lipinski definition) is 7. The normalized spacial score (nSPS) is 22.1. The van der Waals surface area contributed by atoms with Gasteiger partial charge in [-0.2, -0.15) is 5.01 Å². The molecular formula is C15H20N4O6. The Labute approximate surface area is 143 Å². The van der Waals surface area contributed by atoms with E-state index in [9.17, 15) is 24.6 Å². The molecule has 136 valence electrons. The Morgan fingerprint density at radius 2 is 1.92 bits per heavy atom. The highest BCUT2D eigenvalue weighted by Gasteiger charge is 2.38. The molecule has 1 aromatic rings. The summed E-state index contributed by atoms with van der Waals surface area (Å²) in [5.74, 6) is -2.86. The molecule has 2 aliphatic heterocycles. The van der Waals surface area contributed by atoms with Gasteiger partial charge < -0.3 is 19.5 Å². The number of aromatic nitrogens is 1. The van der Waals surface area contributed by atoms with E-state index in [2.05, 4.69) is 4.90 Å². The van der Waals surface area contributed by atoms with E-state index in [0.29, 0.717) is 32.8 Å². The molecule has 0 radical (unpaired) electrons. The number of morpholine rings is 1. The summed E-state index contributed by atoms with van der Waals surface area (Å²) in [5, 5.41) is 22.4. The number of likely N-dealkylation sites (N-methyl/N-ethyl adjacent to an activating group) is 1. The van der Waals surface area contributed by atoms with E-state index >= 15 is 0 Å². The number of rotatable bonds is 3. The molecule has 3 heterocycles. The zero-order valence-electron chi connectivity index (χ0n) is 14.0. The molecule has 1 amide bonds. The lowest BCUT2D eigenvalue weighted by atomic mass is 10.1. The minimum Gasteiger partial charge on any atom is -0.503 e. The molecule has 1 unspecified atom stereocenters. The van der Waals surface area contributed by atoms with Gasteiger partial charge in [-0.3, -0.25) is 19.5 Å².